The first-order valence-corrected chi connectivity index (χ1v) is 14.3. The van der Waals surface area contributed by atoms with Gasteiger partial charge in [0.2, 0.25) is 0 Å². The van der Waals surface area contributed by atoms with Crippen LogP contribution >= 0.6 is 0 Å². The van der Waals surface area contributed by atoms with Crippen LogP contribution in [0.5, 0.6) is 23.0 Å². The van der Waals surface area contributed by atoms with E-state index >= 15 is 0 Å². The van der Waals surface area contributed by atoms with Crippen molar-refractivity contribution in [1.29, 1.82) is 0 Å². The van der Waals surface area contributed by atoms with Crippen molar-refractivity contribution in [3.8, 4) is 23.0 Å². The Morgan fingerprint density at radius 1 is 0.486 bits per heavy atom. The third-order valence-corrected chi connectivity index (χ3v) is 9.33. The molecule has 180 valence electrons. The van der Waals surface area contributed by atoms with Gasteiger partial charge >= 0.3 is 8.56 Å². The summed E-state index contributed by atoms with van der Waals surface area (Å²) in [5.41, 5.74) is 2.14. The maximum atomic E-state index is 6.50. The van der Waals surface area contributed by atoms with Crippen molar-refractivity contribution in [1.82, 2.24) is 0 Å². The molecule has 0 amide bonds. The Balaban J connectivity index is 1.37. The van der Waals surface area contributed by atoms with Gasteiger partial charge in [-0.1, -0.05) is 74.5 Å². The maximum absolute atomic E-state index is 6.50. The molecule has 0 aromatic heterocycles. The summed E-state index contributed by atoms with van der Waals surface area (Å²) >= 11 is 0. The predicted molar refractivity (Wildman–Crippen MR) is 142 cm³/mol. The van der Waals surface area contributed by atoms with Crippen LogP contribution in [0.1, 0.15) is 25.0 Å². The zero-order chi connectivity index (χ0) is 24.3. The Labute approximate surface area is 209 Å². The highest BCUT2D eigenvalue weighted by atomic mass is 28.4. The normalized spacial score (nSPS) is 11.3. The van der Waals surface area contributed by atoms with Crippen molar-refractivity contribution < 1.29 is 18.3 Å². The maximum Gasteiger partial charge on any atom is 0.338 e. The average molecular weight is 485 g/mol. The van der Waals surface area contributed by atoms with Crippen LogP contribution in [0.4, 0.5) is 0 Å². The zero-order valence-electron chi connectivity index (χ0n) is 20.4. The van der Waals surface area contributed by atoms with Crippen LogP contribution in [0.25, 0.3) is 0 Å². The van der Waals surface area contributed by atoms with Crippen LogP contribution in [-0.2, 0) is 22.1 Å². The molecule has 0 bridgehead atoms. The molecule has 4 nitrogen and oxygen atoms in total. The van der Waals surface area contributed by atoms with Crippen molar-refractivity contribution >= 4 is 8.56 Å². The minimum atomic E-state index is -2.37. The fourth-order valence-electron chi connectivity index (χ4n) is 3.78. The van der Waals surface area contributed by atoms with Crippen LogP contribution in [-0.4, -0.2) is 8.56 Å². The van der Waals surface area contributed by atoms with E-state index in [0.29, 0.717) is 13.2 Å². The number of hydrogen-bond acceptors (Lipinski definition) is 4. The second-order valence-electron chi connectivity index (χ2n) is 8.32. The first-order valence-electron chi connectivity index (χ1n) is 12.1. The molecule has 0 aliphatic carbocycles. The van der Waals surface area contributed by atoms with Crippen LogP contribution in [0.15, 0.2) is 109 Å². The lowest BCUT2D eigenvalue weighted by Gasteiger charge is -2.29. The molecular weight excluding hydrogens is 452 g/mol. The zero-order valence-corrected chi connectivity index (χ0v) is 21.4. The summed E-state index contributed by atoms with van der Waals surface area (Å²) in [5, 5.41) is 0. The van der Waals surface area contributed by atoms with Gasteiger partial charge in [-0.3, -0.25) is 0 Å². The molecule has 0 radical (unpaired) electrons. The van der Waals surface area contributed by atoms with Gasteiger partial charge in [0.25, 0.3) is 0 Å². The molecule has 4 aromatic carbocycles. The Morgan fingerprint density at radius 3 is 1.29 bits per heavy atom. The molecule has 0 spiro atoms. The minimum Gasteiger partial charge on any atom is -0.457 e. The Hall–Kier alpha value is -3.38. The van der Waals surface area contributed by atoms with Gasteiger partial charge in [-0.25, -0.2) is 0 Å². The van der Waals surface area contributed by atoms with Gasteiger partial charge in [-0.15, -0.1) is 0 Å². The van der Waals surface area contributed by atoms with Gasteiger partial charge in [0.15, 0.2) is 0 Å². The number of para-hydroxylation sites is 2. The molecule has 0 saturated heterocycles. The molecule has 4 aromatic rings. The van der Waals surface area contributed by atoms with E-state index in [1.165, 1.54) is 0 Å². The van der Waals surface area contributed by atoms with E-state index in [2.05, 4.69) is 26.0 Å². The van der Waals surface area contributed by atoms with Crippen molar-refractivity contribution in [2.45, 2.75) is 39.1 Å². The van der Waals surface area contributed by atoms with Crippen LogP contribution in [0.3, 0.4) is 0 Å². The molecule has 0 unspecified atom stereocenters. The topological polar surface area (TPSA) is 36.9 Å². The highest BCUT2D eigenvalue weighted by molar-refractivity contribution is 6.67. The molecule has 0 aliphatic heterocycles. The van der Waals surface area contributed by atoms with Crippen molar-refractivity contribution in [2.24, 2.45) is 0 Å². The fraction of sp³-hybridized carbons (Fsp3) is 0.200. The Kier molecular flexibility index (Phi) is 8.73. The molecule has 35 heavy (non-hydrogen) atoms. The standard InChI is InChI=1S/C30H32O4Si/c1-3-35(4-2,31-23-25-13-11-19-29(21-25)33-27-15-7-5-8-16-27)32-24-26-14-12-20-30(22-26)34-28-17-9-6-10-18-28/h5-22H,3-4,23-24H2,1-2H3. The lowest BCUT2D eigenvalue weighted by Crippen LogP contribution is -2.40. The van der Waals surface area contributed by atoms with E-state index in [1.807, 2.05) is 97.1 Å². The van der Waals surface area contributed by atoms with Gasteiger partial charge in [-0.2, -0.15) is 0 Å². The summed E-state index contributed by atoms with van der Waals surface area (Å²) in [6.07, 6.45) is 0. The average Bonchev–Trinajstić information content (AvgIpc) is 2.91. The summed E-state index contributed by atoms with van der Waals surface area (Å²) in [7, 11) is -2.37. The molecule has 4 rings (SSSR count). The van der Waals surface area contributed by atoms with Crippen LogP contribution < -0.4 is 9.47 Å². The van der Waals surface area contributed by atoms with Gasteiger partial charge in [0.05, 0.1) is 13.2 Å². The van der Waals surface area contributed by atoms with E-state index < -0.39 is 8.56 Å². The largest absolute Gasteiger partial charge is 0.457 e. The fourth-order valence-corrected chi connectivity index (χ4v) is 6.04. The summed E-state index contributed by atoms with van der Waals surface area (Å²) in [6, 6.07) is 37.5. The number of rotatable bonds is 12. The first kappa shape index (κ1) is 24.7. The van der Waals surface area contributed by atoms with Crippen LogP contribution in [0.2, 0.25) is 12.1 Å². The van der Waals surface area contributed by atoms with Crippen LogP contribution in [0, 0.1) is 0 Å². The predicted octanol–water partition coefficient (Wildman–Crippen LogP) is 8.49. The van der Waals surface area contributed by atoms with Crippen molar-refractivity contribution in [3.63, 3.8) is 0 Å². The van der Waals surface area contributed by atoms with E-state index in [1.54, 1.807) is 0 Å². The van der Waals surface area contributed by atoms with Gasteiger partial charge in [-0.05, 0) is 71.7 Å². The summed E-state index contributed by atoms with van der Waals surface area (Å²) in [4.78, 5) is 0. The second-order valence-corrected chi connectivity index (χ2v) is 12.1. The number of benzene rings is 4. The Morgan fingerprint density at radius 2 is 0.886 bits per heavy atom. The molecule has 0 atom stereocenters. The molecule has 0 N–H and O–H groups in total. The first-order chi connectivity index (χ1) is 17.2. The van der Waals surface area contributed by atoms with Crippen molar-refractivity contribution in [3.05, 3.63) is 120 Å². The van der Waals surface area contributed by atoms with E-state index in [0.717, 1.165) is 46.2 Å². The third kappa shape index (κ3) is 7.30. The van der Waals surface area contributed by atoms with E-state index in [4.69, 9.17) is 18.3 Å². The SMILES string of the molecule is CC[Si](CC)(OCc1cccc(Oc2ccccc2)c1)OCc1cccc(Oc2ccccc2)c1. The quantitative estimate of drug-likeness (QED) is 0.189. The van der Waals surface area contributed by atoms with Gasteiger partial charge < -0.3 is 18.3 Å². The third-order valence-electron chi connectivity index (χ3n) is 5.84. The van der Waals surface area contributed by atoms with Gasteiger partial charge in [0, 0.05) is 0 Å². The molecule has 0 fully saturated rings. The molecule has 0 aliphatic rings. The lowest BCUT2D eigenvalue weighted by atomic mass is 10.2. The molecule has 0 saturated carbocycles. The minimum absolute atomic E-state index is 0.497. The monoisotopic (exact) mass is 484 g/mol. The molecular formula is C30H32O4Si. The lowest BCUT2D eigenvalue weighted by molar-refractivity contribution is 0.154. The Bertz CT molecular complexity index is 1090. The van der Waals surface area contributed by atoms with E-state index in [-0.39, 0.29) is 0 Å². The van der Waals surface area contributed by atoms with E-state index in [9.17, 15) is 0 Å². The second kappa shape index (κ2) is 12.4. The summed E-state index contributed by atoms with van der Waals surface area (Å²) < 4.78 is 24.9. The number of ether oxygens (including phenoxy) is 2. The smallest absolute Gasteiger partial charge is 0.338 e. The molecule has 0 heterocycles. The summed E-state index contributed by atoms with van der Waals surface area (Å²) in [5.74, 6) is 3.24. The highest BCUT2D eigenvalue weighted by Crippen LogP contribution is 2.27. The van der Waals surface area contributed by atoms with Crippen molar-refractivity contribution in [2.75, 3.05) is 0 Å². The highest BCUT2D eigenvalue weighted by Gasteiger charge is 2.33. The number of hydrogen-bond donors (Lipinski definition) is 0. The summed E-state index contributed by atoms with van der Waals surface area (Å²) in [6.45, 7) is 5.30. The van der Waals surface area contributed by atoms with Gasteiger partial charge in [0.1, 0.15) is 23.0 Å². The molecule has 5 heteroatoms.